The molecule has 1 atom stereocenters. The Hall–Kier alpha value is -2.25. The molecule has 1 heterocycles. The number of amides is 2. The number of ether oxygens (including phenoxy) is 1. The van der Waals surface area contributed by atoms with Gasteiger partial charge in [-0.3, -0.25) is 9.59 Å². The molecule has 2 N–H and O–H groups in total. The van der Waals surface area contributed by atoms with Crippen molar-refractivity contribution in [3.63, 3.8) is 0 Å². The Kier molecular flexibility index (Phi) is 5.12. The number of hydrogen-bond donors (Lipinski definition) is 1. The zero-order chi connectivity index (χ0) is 17.0. The number of primary amides is 1. The van der Waals surface area contributed by atoms with E-state index in [1.54, 1.807) is 0 Å². The van der Waals surface area contributed by atoms with Gasteiger partial charge in [-0.2, -0.15) is 13.2 Å². The summed E-state index contributed by atoms with van der Waals surface area (Å²) in [4.78, 5) is 24.7. The molecule has 5 nitrogen and oxygen atoms in total. The first-order valence-electron chi connectivity index (χ1n) is 7.14. The van der Waals surface area contributed by atoms with Crippen LogP contribution in [0.2, 0.25) is 0 Å². The lowest BCUT2D eigenvalue weighted by atomic mass is 9.97. The summed E-state index contributed by atoms with van der Waals surface area (Å²) in [5, 5.41) is 0. The number of nitrogens with zero attached hydrogens (tertiary/aromatic N) is 1. The van der Waals surface area contributed by atoms with Crippen LogP contribution in [0.3, 0.4) is 0 Å². The van der Waals surface area contributed by atoms with E-state index in [0.29, 0.717) is 19.4 Å². The number of nitrogens with two attached hydrogens (primary N) is 1. The van der Waals surface area contributed by atoms with Crippen LogP contribution in [0.1, 0.15) is 18.4 Å². The van der Waals surface area contributed by atoms with Crippen LogP contribution in [-0.2, 0) is 15.8 Å². The van der Waals surface area contributed by atoms with Gasteiger partial charge in [0.1, 0.15) is 5.75 Å². The van der Waals surface area contributed by atoms with E-state index in [0.717, 1.165) is 12.1 Å². The molecular formula is C15H17F3N2O3. The minimum absolute atomic E-state index is 0.0309. The van der Waals surface area contributed by atoms with Crippen LogP contribution in [0.15, 0.2) is 24.3 Å². The van der Waals surface area contributed by atoms with E-state index in [4.69, 9.17) is 10.5 Å². The lowest BCUT2D eigenvalue weighted by molar-refractivity contribution is -0.137. The van der Waals surface area contributed by atoms with Crippen molar-refractivity contribution in [1.29, 1.82) is 0 Å². The Morgan fingerprint density at radius 1 is 1.35 bits per heavy atom. The van der Waals surface area contributed by atoms with E-state index in [-0.39, 0.29) is 30.7 Å². The zero-order valence-corrected chi connectivity index (χ0v) is 12.3. The number of carbonyl (C=O) groups is 2. The summed E-state index contributed by atoms with van der Waals surface area (Å²) in [6.07, 6.45) is -3.18. The number of halogens is 3. The minimum Gasteiger partial charge on any atom is -0.484 e. The molecule has 8 heteroatoms. The van der Waals surface area contributed by atoms with E-state index in [2.05, 4.69) is 0 Å². The van der Waals surface area contributed by atoms with Crippen LogP contribution < -0.4 is 10.5 Å². The molecule has 2 amide bonds. The molecule has 0 radical (unpaired) electrons. The molecular weight excluding hydrogens is 313 g/mol. The fourth-order valence-corrected chi connectivity index (χ4v) is 2.43. The van der Waals surface area contributed by atoms with Gasteiger partial charge in [0.05, 0.1) is 11.5 Å². The van der Waals surface area contributed by atoms with Crippen molar-refractivity contribution in [2.75, 3.05) is 19.7 Å². The summed E-state index contributed by atoms with van der Waals surface area (Å²) >= 11 is 0. The number of carbonyl (C=O) groups excluding carboxylic acids is 2. The van der Waals surface area contributed by atoms with Gasteiger partial charge in [0, 0.05) is 13.1 Å². The second-order valence-electron chi connectivity index (χ2n) is 5.40. The fraction of sp³-hybridized carbons (Fsp3) is 0.467. The highest BCUT2D eigenvalue weighted by Gasteiger charge is 2.31. The van der Waals surface area contributed by atoms with Gasteiger partial charge in [-0.15, -0.1) is 0 Å². The minimum atomic E-state index is -4.47. The first-order valence-corrected chi connectivity index (χ1v) is 7.14. The topological polar surface area (TPSA) is 72.6 Å². The molecule has 0 aromatic heterocycles. The normalized spacial score (nSPS) is 18.6. The standard InChI is InChI=1S/C15H17F3N2O3/c16-15(17,18)11-4-1-5-12(7-11)23-9-13(21)20-6-2-3-10(8-20)14(19)22/h1,4-5,7,10H,2-3,6,8-9H2,(H2,19,22). The third-order valence-electron chi connectivity index (χ3n) is 3.70. The van der Waals surface area contributed by atoms with Crippen molar-refractivity contribution in [1.82, 2.24) is 4.90 Å². The van der Waals surface area contributed by atoms with Crippen molar-refractivity contribution in [2.24, 2.45) is 11.7 Å². The third-order valence-corrected chi connectivity index (χ3v) is 3.70. The van der Waals surface area contributed by atoms with Gasteiger partial charge in [-0.05, 0) is 31.0 Å². The van der Waals surface area contributed by atoms with E-state index >= 15 is 0 Å². The van der Waals surface area contributed by atoms with E-state index in [1.165, 1.54) is 17.0 Å². The predicted octanol–water partition coefficient (Wildman–Crippen LogP) is 1.81. The van der Waals surface area contributed by atoms with Gasteiger partial charge in [0.15, 0.2) is 6.61 Å². The first-order chi connectivity index (χ1) is 10.8. The molecule has 1 aliphatic rings. The molecule has 0 spiro atoms. The first kappa shape index (κ1) is 17.1. The summed E-state index contributed by atoms with van der Waals surface area (Å²) in [7, 11) is 0. The highest BCUT2D eigenvalue weighted by molar-refractivity contribution is 5.81. The van der Waals surface area contributed by atoms with Crippen LogP contribution in [-0.4, -0.2) is 36.4 Å². The highest BCUT2D eigenvalue weighted by atomic mass is 19.4. The van der Waals surface area contributed by atoms with Gasteiger partial charge < -0.3 is 15.4 Å². The van der Waals surface area contributed by atoms with Gasteiger partial charge >= 0.3 is 6.18 Å². The average molecular weight is 330 g/mol. The number of benzene rings is 1. The van der Waals surface area contributed by atoms with Crippen LogP contribution in [0, 0.1) is 5.92 Å². The molecule has 23 heavy (non-hydrogen) atoms. The van der Waals surface area contributed by atoms with E-state index in [1.807, 2.05) is 0 Å². The lowest BCUT2D eigenvalue weighted by Gasteiger charge is -2.31. The molecule has 1 aromatic rings. The molecule has 1 aromatic carbocycles. The fourth-order valence-electron chi connectivity index (χ4n) is 2.43. The van der Waals surface area contributed by atoms with Crippen molar-refractivity contribution in [3.8, 4) is 5.75 Å². The van der Waals surface area contributed by atoms with E-state index < -0.39 is 17.6 Å². The maximum atomic E-state index is 12.6. The molecule has 0 bridgehead atoms. The van der Waals surface area contributed by atoms with Crippen molar-refractivity contribution in [2.45, 2.75) is 19.0 Å². The second-order valence-corrected chi connectivity index (χ2v) is 5.40. The summed E-state index contributed by atoms with van der Waals surface area (Å²) in [5.74, 6) is -1.26. The van der Waals surface area contributed by atoms with Gasteiger partial charge in [0.2, 0.25) is 5.91 Å². The number of rotatable bonds is 4. The smallest absolute Gasteiger partial charge is 0.416 e. The molecule has 1 saturated heterocycles. The predicted molar refractivity (Wildman–Crippen MR) is 75.4 cm³/mol. The average Bonchev–Trinajstić information content (AvgIpc) is 2.52. The Morgan fingerprint density at radius 3 is 2.74 bits per heavy atom. The number of likely N-dealkylation sites (tertiary alicyclic amines) is 1. The lowest BCUT2D eigenvalue weighted by Crippen LogP contribution is -2.45. The third kappa shape index (κ3) is 4.61. The number of hydrogen-bond acceptors (Lipinski definition) is 3. The largest absolute Gasteiger partial charge is 0.484 e. The summed E-state index contributed by atoms with van der Waals surface area (Å²) < 4.78 is 43.0. The molecule has 2 rings (SSSR count). The van der Waals surface area contributed by atoms with Gasteiger partial charge in [-0.1, -0.05) is 6.07 Å². The maximum absolute atomic E-state index is 12.6. The maximum Gasteiger partial charge on any atom is 0.416 e. The Balaban J connectivity index is 1.93. The van der Waals surface area contributed by atoms with Crippen LogP contribution in [0.4, 0.5) is 13.2 Å². The van der Waals surface area contributed by atoms with Gasteiger partial charge in [0.25, 0.3) is 5.91 Å². The molecule has 0 saturated carbocycles. The van der Waals surface area contributed by atoms with Crippen LogP contribution in [0.5, 0.6) is 5.75 Å². The molecule has 126 valence electrons. The SMILES string of the molecule is NC(=O)C1CCCN(C(=O)COc2cccc(C(F)(F)F)c2)C1. The Morgan fingerprint density at radius 2 is 2.09 bits per heavy atom. The van der Waals surface area contributed by atoms with Crippen molar-refractivity contribution < 1.29 is 27.5 Å². The van der Waals surface area contributed by atoms with E-state index in [9.17, 15) is 22.8 Å². The summed E-state index contributed by atoms with van der Waals surface area (Å²) in [6, 6.07) is 4.34. The Bertz CT molecular complexity index is 590. The monoisotopic (exact) mass is 330 g/mol. The quantitative estimate of drug-likeness (QED) is 0.915. The van der Waals surface area contributed by atoms with Gasteiger partial charge in [-0.25, -0.2) is 0 Å². The Labute approximate surface area is 131 Å². The molecule has 1 unspecified atom stereocenters. The van der Waals surface area contributed by atoms with Crippen LogP contribution >= 0.6 is 0 Å². The number of alkyl halides is 3. The van der Waals surface area contributed by atoms with Crippen LogP contribution in [0.25, 0.3) is 0 Å². The summed E-state index contributed by atoms with van der Waals surface area (Å²) in [5.41, 5.74) is 4.40. The van der Waals surface area contributed by atoms with Crippen molar-refractivity contribution in [3.05, 3.63) is 29.8 Å². The summed E-state index contributed by atoms with van der Waals surface area (Å²) in [6.45, 7) is 0.321. The zero-order valence-electron chi connectivity index (χ0n) is 12.3. The molecule has 0 aliphatic carbocycles. The number of piperidine rings is 1. The molecule has 1 fully saturated rings. The highest BCUT2D eigenvalue weighted by Crippen LogP contribution is 2.31. The van der Waals surface area contributed by atoms with Crippen molar-refractivity contribution >= 4 is 11.8 Å². The molecule has 1 aliphatic heterocycles. The second kappa shape index (κ2) is 6.89.